The zero-order valence-electron chi connectivity index (χ0n) is 9.93. The van der Waals surface area contributed by atoms with Gasteiger partial charge in [-0.15, -0.1) is 0 Å². The van der Waals surface area contributed by atoms with Gasteiger partial charge in [-0.2, -0.15) is 0 Å². The van der Waals surface area contributed by atoms with Crippen LogP contribution in [0.25, 0.3) is 0 Å². The number of carbonyl (C=O) groups is 1. The van der Waals surface area contributed by atoms with Crippen LogP contribution in [0.1, 0.15) is 16.1 Å². The van der Waals surface area contributed by atoms with Gasteiger partial charge >= 0.3 is 0 Å². The van der Waals surface area contributed by atoms with E-state index in [4.69, 9.17) is 27.0 Å². The molecule has 1 aromatic carbocycles. The molecule has 0 saturated carbocycles. The molecule has 1 heterocycles. The Labute approximate surface area is 127 Å². The number of benzene rings is 1. The molecule has 6 nitrogen and oxygen atoms in total. The topological polar surface area (TPSA) is 101 Å². The molecule has 0 atom stereocenters. The second-order valence-corrected chi connectivity index (χ2v) is 4.95. The average Bonchev–Trinajstić information content (AvgIpc) is 2.85. The molecule has 8 heteroatoms. The van der Waals surface area contributed by atoms with Crippen molar-refractivity contribution in [1.29, 1.82) is 0 Å². The number of anilines is 1. The molecule has 20 heavy (non-hydrogen) atoms. The number of halogens is 2. The molecule has 0 spiro atoms. The van der Waals surface area contributed by atoms with Crippen molar-refractivity contribution in [3.63, 3.8) is 0 Å². The lowest BCUT2D eigenvalue weighted by molar-refractivity contribution is 0.0995. The fourth-order valence-corrected chi connectivity index (χ4v) is 2.00. The second kappa shape index (κ2) is 5.98. The van der Waals surface area contributed by atoms with E-state index in [-0.39, 0.29) is 11.6 Å². The number of hydrogen-bond acceptors (Lipinski definition) is 4. The summed E-state index contributed by atoms with van der Waals surface area (Å²) in [6, 6.07) is 7.69. The number of amidine groups is 1. The number of furan rings is 1. The van der Waals surface area contributed by atoms with Gasteiger partial charge in [-0.1, -0.05) is 16.8 Å². The Hall–Kier alpha value is -1.99. The number of carbonyl (C=O) groups excluding carboxylic acids is 1. The van der Waals surface area contributed by atoms with Gasteiger partial charge in [0.2, 0.25) is 0 Å². The first kappa shape index (κ1) is 14.4. The lowest BCUT2D eigenvalue weighted by atomic mass is 10.1. The minimum Gasteiger partial charge on any atom is -0.444 e. The maximum atomic E-state index is 12.0. The van der Waals surface area contributed by atoms with Gasteiger partial charge in [-0.05, 0) is 46.3 Å². The smallest absolute Gasteiger partial charge is 0.291 e. The molecule has 0 unspecified atom stereocenters. The van der Waals surface area contributed by atoms with Crippen molar-refractivity contribution in [2.24, 2.45) is 10.9 Å². The van der Waals surface area contributed by atoms with E-state index in [1.54, 1.807) is 12.1 Å². The summed E-state index contributed by atoms with van der Waals surface area (Å²) in [4.78, 5) is 12.0. The number of nitrogens with two attached hydrogens (primary N) is 1. The zero-order valence-corrected chi connectivity index (χ0v) is 12.3. The molecule has 2 aromatic rings. The maximum Gasteiger partial charge on any atom is 0.291 e. The first-order chi connectivity index (χ1) is 9.51. The van der Waals surface area contributed by atoms with Gasteiger partial charge in [-0.3, -0.25) is 4.79 Å². The highest BCUT2D eigenvalue weighted by molar-refractivity contribution is 9.10. The highest BCUT2D eigenvalue weighted by atomic mass is 79.9. The van der Waals surface area contributed by atoms with Crippen molar-refractivity contribution < 1.29 is 14.4 Å². The summed E-state index contributed by atoms with van der Waals surface area (Å²) in [7, 11) is 0. The molecule has 0 aliphatic carbocycles. The average molecular weight is 359 g/mol. The number of nitrogens with one attached hydrogen (secondary N) is 1. The SMILES string of the molecule is NC(=NO)c1ccc(Cl)cc1NC(=O)c1ccc(Br)o1. The molecule has 104 valence electrons. The number of nitrogens with zero attached hydrogens (tertiary/aromatic N) is 1. The molecule has 0 radical (unpaired) electrons. The van der Waals surface area contributed by atoms with Crippen molar-refractivity contribution in [2.75, 3.05) is 5.32 Å². The van der Waals surface area contributed by atoms with Crippen LogP contribution in [0.3, 0.4) is 0 Å². The summed E-state index contributed by atoms with van der Waals surface area (Å²) in [5.74, 6) is -0.509. The van der Waals surface area contributed by atoms with Crippen LogP contribution in [-0.2, 0) is 0 Å². The quantitative estimate of drug-likeness (QED) is 0.340. The van der Waals surface area contributed by atoms with E-state index in [1.165, 1.54) is 18.2 Å². The first-order valence-corrected chi connectivity index (χ1v) is 6.52. The summed E-state index contributed by atoms with van der Waals surface area (Å²) in [6.45, 7) is 0. The number of rotatable bonds is 3. The Kier molecular flexibility index (Phi) is 4.31. The number of hydrogen-bond donors (Lipinski definition) is 3. The van der Waals surface area contributed by atoms with Gasteiger partial charge < -0.3 is 20.7 Å². The van der Waals surface area contributed by atoms with Crippen molar-refractivity contribution in [2.45, 2.75) is 0 Å². The van der Waals surface area contributed by atoms with E-state index in [2.05, 4.69) is 26.4 Å². The van der Waals surface area contributed by atoms with Crippen LogP contribution in [0, 0.1) is 0 Å². The van der Waals surface area contributed by atoms with Crippen molar-refractivity contribution >= 4 is 45.0 Å². The molecular weight excluding hydrogens is 350 g/mol. The van der Waals surface area contributed by atoms with E-state index in [9.17, 15) is 4.79 Å². The molecule has 0 saturated heterocycles. The van der Waals surface area contributed by atoms with E-state index in [1.807, 2.05) is 0 Å². The molecule has 0 bridgehead atoms. The van der Waals surface area contributed by atoms with E-state index in [0.717, 1.165) is 0 Å². The van der Waals surface area contributed by atoms with Gasteiger partial charge in [-0.25, -0.2) is 0 Å². The zero-order chi connectivity index (χ0) is 14.7. The van der Waals surface area contributed by atoms with Gasteiger partial charge in [0, 0.05) is 10.6 Å². The molecule has 0 aliphatic heterocycles. The third kappa shape index (κ3) is 3.12. The second-order valence-electron chi connectivity index (χ2n) is 3.73. The molecule has 0 fully saturated rings. The molecule has 1 amide bonds. The Balaban J connectivity index is 2.33. The number of oxime groups is 1. The van der Waals surface area contributed by atoms with Gasteiger partial charge in [0.1, 0.15) is 0 Å². The van der Waals surface area contributed by atoms with Crippen LogP contribution in [0.15, 0.2) is 44.6 Å². The first-order valence-electron chi connectivity index (χ1n) is 5.35. The monoisotopic (exact) mass is 357 g/mol. The van der Waals surface area contributed by atoms with Crippen LogP contribution in [0.5, 0.6) is 0 Å². The minimum absolute atomic E-state index is 0.113. The Morgan fingerprint density at radius 2 is 2.15 bits per heavy atom. The highest BCUT2D eigenvalue weighted by Gasteiger charge is 2.15. The van der Waals surface area contributed by atoms with Crippen LogP contribution in [-0.4, -0.2) is 17.0 Å². The van der Waals surface area contributed by atoms with Gasteiger partial charge in [0.05, 0.1) is 5.69 Å². The Bertz CT molecular complexity index is 684. The van der Waals surface area contributed by atoms with E-state index < -0.39 is 5.91 Å². The fourth-order valence-electron chi connectivity index (χ4n) is 1.52. The van der Waals surface area contributed by atoms with Gasteiger partial charge in [0.15, 0.2) is 16.3 Å². The largest absolute Gasteiger partial charge is 0.444 e. The minimum atomic E-state index is -0.482. The molecule has 0 aliphatic rings. The summed E-state index contributed by atoms with van der Waals surface area (Å²) in [5, 5.41) is 14.6. The predicted octanol–water partition coefficient (Wildman–Crippen LogP) is 3.04. The van der Waals surface area contributed by atoms with Crippen LogP contribution >= 0.6 is 27.5 Å². The van der Waals surface area contributed by atoms with E-state index in [0.29, 0.717) is 20.9 Å². The molecule has 2 rings (SSSR count). The summed E-state index contributed by atoms with van der Waals surface area (Å²) >= 11 is 8.98. The normalized spacial score (nSPS) is 11.4. The summed E-state index contributed by atoms with van der Waals surface area (Å²) < 4.78 is 5.57. The van der Waals surface area contributed by atoms with Crippen LogP contribution in [0.2, 0.25) is 5.02 Å². The Morgan fingerprint density at radius 3 is 2.75 bits per heavy atom. The third-order valence-electron chi connectivity index (χ3n) is 2.41. The lowest BCUT2D eigenvalue weighted by Gasteiger charge is -2.09. The van der Waals surface area contributed by atoms with Crippen LogP contribution < -0.4 is 11.1 Å². The van der Waals surface area contributed by atoms with Crippen molar-refractivity contribution in [1.82, 2.24) is 0 Å². The summed E-state index contributed by atoms with van der Waals surface area (Å²) in [5.41, 5.74) is 6.19. The fraction of sp³-hybridized carbons (Fsp3) is 0. The summed E-state index contributed by atoms with van der Waals surface area (Å²) in [6.07, 6.45) is 0. The van der Waals surface area contributed by atoms with Crippen molar-refractivity contribution in [3.05, 3.63) is 51.3 Å². The van der Waals surface area contributed by atoms with Crippen molar-refractivity contribution in [3.8, 4) is 0 Å². The molecular formula is C12H9BrClN3O3. The predicted molar refractivity (Wildman–Crippen MR) is 78.3 cm³/mol. The van der Waals surface area contributed by atoms with E-state index >= 15 is 0 Å². The highest BCUT2D eigenvalue weighted by Crippen LogP contribution is 2.22. The van der Waals surface area contributed by atoms with Crippen LogP contribution in [0.4, 0.5) is 5.69 Å². The standard InChI is InChI=1S/C12H9BrClN3O3/c13-10-4-3-9(20-10)12(18)16-8-5-6(14)1-2-7(8)11(15)17-19/h1-5,19H,(H2,15,17)(H,16,18). The molecule has 4 N–H and O–H groups in total. The maximum absolute atomic E-state index is 12.0. The molecule has 1 aromatic heterocycles. The number of amides is 1. The third-order valence-corrected chi connectivity index (χ3v) is 3.07. The Morgan fingerprint density at radius 1 is 1.40 bits per heavy atom. The lowest BCUT2D eigenvalue weighted by Crippen LogP contribution is -2.19. The van der Waals surface area contributed by atoms with Gasteiger partial charge in [0.25, 0.3) is 5.91 Å².